The van der Waals surface area contributed by atoms with E-state index in [1.165, 1.54) is 13.5 Å². The van der Waals surface area contributed by atoms with E-state index in [-0.39, 0.29) is 25.1 Å². The number of ether oxygens (including phenoxy) is 2. The number of hydrogen-bond donors (Lipinski definition) is 1. The summed E-state index contributed by atoms with van der Waals surface area (Å²) in [6.45, 7) is 0.251. The number of carbonyl (C=O) groups is 1. The van der Waals surface area contributed by atoms with E-state index in [1.807, 2.05) is 0 Å². The van der Waals surface area contributed by atoms with Crippen molar-refractivity contribution in [2.24, 2.45) is 5.92 Å². The molecule has 1 aliphatic carbocycles. The summed E-state index contributed by atoms with van der Waals surface area (Å²) in [7, 11) is 1.51. The quantitative estimate of drug-likeness (QED) is 0.700. The van der Waals surface area contributed by atoms with Gasteiger partial charge in [-0.2, -0.15) is 0 Å². The number of aliphatic hydroxyl groups is 1. The van der Waals surface area contributed by atoms with Gasteiger partial charge in [0.05, 0.1) is 12.5 Å². The van der Waals surface area contributed by atoms with Crippen LogP contribution in [0.4, 0.5) is 0 Å². The standard InChI is InChI=1S/C11H20O4/c1-14-7-10(12)8-15-11(13)9-5-3-2-4-6-9/h9-10,12H,2-8H2,1H3. The molecule has 0 amide bonds. The molecule has 0 bridgehead atoms. The van der Waals surface area contributed by atoms with Gasteiger partial charge in [-0.15, -0.1) is 0 Å². The van der Waals surface area contributed by atoms with E-state index in [2.05, 4.69) is 0 Å². The van der Waals surface area contributed by atoms with E-state index in [0.717, 1.165) is 25.7 Å². The molecular weight excluding hydrogens is 196 g/mol. The van der Waals surface area contributed by atoms with Crippen molar-refractivity contribution < 1.29 is 19.4 Å². The van der Waals surface area contributed by atoms with Crippen molar-refractivity contribution in [2.45, 2.75) is 38.2 Å². The van der Waals surface area contributed by atoms with E-state index >= 15 is 0 Å². The predicted octanol–water partition coefficient (Wildman–Crippen LogP) is 1.12. The number of hydrogen-bond acceptors (Lipinski definition) is 4. The molecule has 15 heavy (non-hydrogen) atoms. The maximum Gasteiger partial charge on any atom is 0.309 e. The topological polar surface area (TPSA) is 55.8 Å². The first-order valence-corrected chi connectivity index (χ1v) is 5.57. The van der Waals surface area contributed by atoms with Crippen molar-refractivity contribution in [2.75, 3.05) is 20.3 Å². The molecule has 1 saturated carbocycles. The van der Waals surface area contributed by atoms with Gasteiger partial charge in [0.2, 0.25) is 0 Å². The van der Waals surface area contributed by atoms with E-state index in [9.17, 15) is 9.90 Å². The molecule has 1 rings (SSSR count). The second-order valence-electron chi connectivity index (χ2n) is 4.07. The van der Waals surface area contributed by atoms with Crippen LogP contribution >= 0.6 is 0 Å². The first-order valence-electron chi connectivity index (χ1n) is 5.57. The Hall–Kier alpha value is -0.610. The minimum Gasteiger partial charge on any atom is -0.463 e. The maximum absolute atomic E-state index is 11.5. The Balaban J connectivity index is 2.16. The van der Waals surface area contributed by atoms with Crippen LogP contribution in [-0.2, 0) is 14.3 Å². The van der Waals surface area contributed by atoms with Crippen molar-refractivity contribution in [3.8, 4) is 0 Å². The van der Waals surface area contributed by atoms with Crippen molar-refractivity contribution in [3.05, 3.63) is 0 Å². The number of methoxy groups -OCH3 is 1. The van der Waals surface area contributed by atoms with Crippen LogP contribution in [0, 0.1) is 5.92 Å². The zero-order valence-electron chi connectivity index (χ0n) is 9.28. The van der Waals surface area contributed by atoms with Gasteiger partial charge in [-0.3, -0.25) is 4.79 Å². The smallest absolute Gasteiger partial charge is 0.309 e. The molecule has 1 atom stereocenters. The van der Waals surface area contributed by atoms with Crippen molar-refractivity contribution >= 4 is 5.97 Å². The van der Waals surface area contributed by atoms with Gasteiger partial charge in [0.1, 0.15) is 12.7 Å². The fraction of sp³-hybridized carbons (Fsp3) is 0.909. The van der Waals surface area contributed by atoms with Crippen LogP contribution in [0.15, 0.2) is 0 Å². The highest BCUT2D eigenvalue weighted by atomic mass is 16.5. The van der Waals surface area contributed by atoms with Crippen LogP contribution in [0.5, 0.6) is 0 Å². The van der Waals surface area contributed by atoms with Gasteiger partial charge < -0.3 is 14.6 Å². The monoisotopic (exact) mass is 216 g/mol. The van der Waals surface area contributed by atoms with Gasteiger partial charge in [-0.05, 0) is 12.8 Å². The average Bonchev–Trinajstić information content (AvgIpc) is 2.27. The molecule has 0 saturated heterocycles. The Morgan fingerprint density at radius 1 is 1.33 bits per heavy atom. The highest BCUT2D eigenvalue weighted by Gasteiger charge is 2.22. The third-order valence-corrected chi connectivity index (χ3v) is 2.72. The predicted molar refractivity (Wildman–Crippen MR) is 55.4 cm³/mol. The minimum absolute atomic E-state index is 0.0448. The molecular formula is C11H20O4. The van der Waals surface area contributed by atoms with Crippen LogP contribution in [0.3, 0.4) is 0 Å². The van der Waals surface area contributed by atoms with Crippen molar-refractivity contribution in [1.82, 2.24) is 0 Å². The number of esters is 1. The lowest BCUT2D eigenvalue weighted by Crippen LogP contribution is -2.27. The summed E-state index contributed by atoms with van der Waals surface area (Å²) in [6, 6.07) is 0. The van der Waals surface area contributed by atoms with Crippen LogP contribution in [0.2, 0.25) is 0 Å². The lowest BCUT2D eigenvalue weighted by molar-refractivity contribution is -0.153. The third kappa shape index (κ3) is 4.62. The van der Waals surface area contributed by atoms with E-state index in [1.54, 1.807) is 0 Å². The Morgan fingerprint density at radius 3 is 2.60 bits per heavy atom. The SMILES string of the molecule is COCC(O)COC(=O)C1CCCCC1. The average molecular weight is 216 g/mol. The van der Waals surface area contributed by atoms with Crippen molar-refractivity contribution in [3.63, 3.8) is 0 Å². The third-order valence-electron chi connectivity index (χ3n) is 2.72. The fourth-order valence-electron chi connectivity index (χ4n) is 1.87. The Morgan fingerprint density at radius 2 is 2.00 bits per heavy atom. The molecule has 0 heterocycles. The summed E-state index contributed by atoms with van der Waals surface area (Å²) in [5.74, 6) is -0.113. The highest BCUT2D eigenvalue weighted by molar-refractivity contribution is 5.72. The minimum atomic E-state index is -0.706. The summed E-state index contributed by atoms with van der Waals surface area (Å²) < 4.78 is 9.77. The second kappa shape index (κ2) is 6.80. The van der Waals surface area contributed by atoms with E-state index < -0.39 is 6.10 Å². The van der Waals surface area contributed by atoms with Gasteiger partial charge >= 0.3 is 5.97 Å². The second-order valence-corrected chi connectivity index (χ2v) is 4.07. The van der Waals surface area contributed by atoms with E-state index in [0.29, 0.717) is 0 Å². The lowest BCUT2D eigenvalue weighted by Gasteiger charge is -2.20. The Bertz CT molecular complexity index is 187. The molecule has 0 spiro atoms. The molecule has 4 heteroatoms. The molecule has 4 nitrogen and oxygen atoms in total. The normalized spacial score (nSPS) is 19.9. The molecule has 88 valence electrons. The van der Waals surface area contributed by atoms with Gasteiger partial charge in [0, 0.05) is 7.11 Å². The first-order chi connectivity index (χ1) is 7.24. The summed E-state index contributed by atoms with van der Waals surface area (Å²) >= 11 is 0. The molecule has 1 fully saturated rings. The summed E-state index contributed by atoms with van der Waals surface area (Å²) in [4.78, 5) is 11.5. The zero-order valence-corrected chi connectivity index (χ0v) is 9.28. The van der Waals surface area contributed by atoms with Crippen LogP contribution in [0.25, 0.3) is 0 Å². The molecule has 0 radical (unpaired) electrons. The number of rotatable bonds is 5. The molecule has 0 aliphatic heterocycles. The summed E-state index contributed by atoms with van der Waals surface area (Å²) in [6.07, 6.45) is 4.59. The summed E-state index contributed by atoms with van der Waals surface area (Å²) in [5, 5.41) is 9.29. The lowest BCUT2D eigenvalue weighted by atomic mass is 9.89. The zero-order chi connectivity index (χ0) is 11.1. The highest BCUT2D eigenvalue weighted by Crippen LogP contribution is 2.24. The Labute approximate surface area is 90.6 Å². The fourth-order valence-corrected chi connectivity index (χ4v) is 1.87. The number of carbonyl (C=O) groups excluding carboxylic acids is 1. The molecule has 0 aromatic heterocycles. The van der Waals surface area contributed by atoms with Crippen LogP contribution in [0.1, 0.15) is 32.1 Å². The van der Waals surface area contributed by atoms with E-state index in [4.69, 9.17) is 9.47 Å². The van der Waals surface area contributed by atoms with Crippen molar-refractivity contribution in [1.29, 1.82) is 0 Å². The molecule has 1 aliphatic rings. The molecule has 1 N–H and O–H groups in total. The molecule has 1 unspecified atom stereocenters. The molecule has 0 aromatic carbocycles. The van der Waals surface area contributed by atoms with Gasteiger partial charge in [0.15, 0.2) is 0 Å². The number of aliphatic hydroxyl groups excluding tert-OH is 1. The van der Waals surface area contributed by atoms with Crippen LogP contribution in [-0.4, -0.2) is 37.5 Å². The largest absolute Gasteiger partial charge is 0.463 e. The van der Waals surface area contributed by atoms with Crippen LogP contribution < -0.4 is 0 Å². The Kier molecular flexibility index (Phi) is 5.65. The first kappa shape index (κ1) is 12.5. The van der Waals surface area contributed by atoms with Gasteiger partial charge in [-0.25, -0.2) is 0 Å². The van der Waals surface area contributed by atoms with Gasteiger partial charge in [-0.1, -0.05) is 19.3 Å². The maximum atomic E-state index is 11.5. The van der Waals surface area contributed by atoms with Gasteiger partial charge in [0.25, 0.3) is 0 Å². The summed E-state index contributed by atoms with van der Waals surface area (Å²) in [5.41, 5.74) is 0. The molecule has 0 aromatic rings.